The monoisotopic (exact) mass is 387 g/mol. The Morgan fingerprint density at radius 1 is 1.37 bits per heavy atom. The summed E-state index contributed by atoms with van der Waals surface area (Å²) in [5.74, 6) is 0.165. The Kier molecular flexibility index (Phi) is 7.89. The van der Waals surface area contributed by atoms with Gasteiger partial charge in [0.1, 0.15) is 0 Å². The molecule has 0 unspecified atom stereocenters. The Labute approximate surface area is 160 Å². The van der Waals surface area contributed by atoms with Crippen molar-refractivity contribution in [2.75, 3.05) is 6.73 Å². The molecule has 0 aliphatic rings. The molecule has 9 nitrogen and oxygen atoms in total. The summed E-state index contributed by atoms with van der Waals surface area (Å²) in [7, 11) is 0. The fourth-order valence-electron chi connectivity index (χ4n) is 1.94. The lowest BCUT2D eigenvalue weighted by molar-refractivity contribution is -0.129. The van der Waals surface area contributed by atoms with Gasteiger partial charge >= 0.3 is 0 Å². The molecule has 0 fully saturated rings. The van der Waals surface area contributed by atoms with Crippen molar-refractivity contribution >= 4 is 35.8 Å². The van der Waals surface area contributed by atoms with Gasteiger partial charge in [-0.1, -0.05) is 29.8 Å². The number of pyridine rings is 1. The van der Waals surface area contributed by atoms with Crippen LogP contribution >= 0.6 is 11.6 Å². The van der Waals surface area contributed by atoms with Crippen LogP contribution in [0.1, 0.15) is 16.8 Å². The van der Waals surface area contributed by atoms with E-state index in [-0.39, 0.29) is 18.3 Å². The molecule has 0 spiro atoms. The minimum absolute atomic E-state index is 0.0611. The van der Waals surface area contributed by atoms with E-state index in [4.69, 9.17) is 22.7 Å². The van der Waals surface area contributed by atoms with E-state index in [1.54, 1.807) is 18.2 Å². The predicted octanol–water partition coefficient (Wildman–Crippen LogP) is 1.22. The number of benzene rings is 1. The fourth-order valence-corrected chi connectivity index (χ4v) is 2.13. The summed E-state index contributed by atoms with van der Waals surface area (Å²) < 4.78 is 4.42. The first-order chi connectivity index (χ1) is 13.1. The van der Waals surface area contributed by atoms with Crippen molar-refractivity contribution in [2.45, 2.75) is 6.54 Å². The van der Waals surface area contributed by atoms with Crippen molar-refractivity contribution in [1.29, 1.82) is 5.41 Å². The first kappa shape index (κ1) is 20.0. The number of hydrogen-bond acceptors (Lipinski definition) is 8. The van der Waals surface area contributed by atoms with E-state index in [9.17, 15) is 4.79 Å². The summed E-state index contributed by atoms with van der Waals surface area (Å²) >= 11 is 6.08. The maximum absolute atomic E-state index is 10.0. The highest BCUT2D eigenvalue weighted by Gasteiger charge is 2.05. The number of nitrogens with zero attached hydrogens (tertiary/aromatic N) is 3. The minimum Gasteiger partial charge on any atom is -0.450 e. The van der Waals surface area contributed by atoms with Gasteiger partial charge in [-0.3, -0.25) is 20.2 Å². The van der Waals surface area contributed by atoms with E-state index in [2.05, 4.69) is 30.8 Å². The summed E-state index contributed by atoms with van der Waals surface area (Å²) in [6, 6.07) is 10.7. The SMILES string of the molecule is N=C(C=NCc1ccccc1Cl)c1cc(C(N)=NNNCOC=O)ccn1. The second kappa shape index (κ2) is 10.6. The van der Waals surface area contributed by atoms with Gasteiger partial charge < -0.3 is 10.5 Å². The summed E-state index contributed by atoms with van der Waals surface area (Å²) in [5.41, 5.74) is 12.8. The molecule has 1 heterocycles. The molecule has 2 rings (SSSR count). The molecule has 1 aromatic heterocycles. The Bertz CT molecular complexity index is 855. The van der Waals surface area contributed by atoms with Crippen molar-refractivity contribution in [2.24, 2.45) is 15.8 Å². The normalized spacial score (nSPS) is 11.4. The summed E-state index contributed by atoms with van der Waals surface area (Å²) in [6.45, 7) is 0.605. The topological polar surface area (TPSA) is 138 Å². The number of nitrogens with two attached hydrogens (primary N) is 1. The number of amidine groups is 1. The summed E-state index contributed by atoms with van der Waals surface area (Å²) in [4.78, 5) is 18.4. The quantitative estimate of drug-likeness (QED) is 0.121. The zero-order chi connectivity index (χ0) is 19.5. The van der Waals surface area contributed by atoms with Crippen LogP contribution in [0.15, 0.2) is 52.7 Å². The van der Waals surface area contributed by atoms with Crippen LogP contribution in [0.3, 0.4) is 0 Å². The van der Waals surface area contributed by atoms with Crippen molar-refractivity contribution < 1.29 is 9.53 Å². The lowest BCUT2D eigenvalue weighted by Crippen LogP contribution is -2.32. The van der Waals surface area contributed by atoms with Crippen LogP contribution in [0.5, 0.6) is 0 Å². The van der Waals surface area contributed by atoms with Crippen molar-refractivity contribution in [3.63, 3.8) is 0 Å². The number of hydrazine groups is 1. The van der Waals surface area contributed by atoms with Crippen LogP contribution in [0, 0.1) is 5.41 Å². The average Bonchev–Trinajstić information content (AvgIpc) is 2.69. The molecule has 140 valence electrons. The van der Waals surface area contributed by atoms with Crippen LogP contribution in [0.2, 0.25) is 5.02 Å². The smallest absolute Gasteiger partial charge is 0.294 e. The van der Waals surface area contributed by atoms with E-state index in [1.807, 2.05) is 18.2 Å². The third kappa shape index (κ3) is 6.49. The number of hydrogen-bond donors (Lipinski definition) is 4. The van der Waals surface area contributed by atoms with Gasteiger partial charge in [0.25, 0.3) is 6.47 Å². The van der Waals surface area contributed by atoms with Gasteiger partial charge in [0.15, 0.2) is 12.6 Å². The van der Waals surface area contributed by atoms with Crippen LogP contribution < -0.4 is 16.7 Å². The molecule has 0 saturated heterocycles. The lowest BCUT2D eigenvalue weighted by Gasteiger charge is -2.05. The van der Waals surface area contributed by atoms with Crippen LogP contribution in [-0.2, 0) is 16.1 Å². The number of aromatic nitrogens is 1. The maximum Gasteiger partial charge on any atom is 0.294 e. The second-order valence-electron chi connectivity index (χ2n) is 5.10. The highest BCUT2D eigenvalue weighted by molar-refractivity contribution is 6.36. The molecule has 1 aromatic carbocycles. The van der Waals surface area contributed by atoms with Gasteiger partial charge in [-0.05, 0) is 23.8 Å². The molecule has 5 N–H and O–H groups in total. The van der Waals surface area contributed by atoms with E-state index >= 15 is 0 Å². The lowest BCUT2D eigenvalue weighted by atomic mass is 10.1. The van der Waals surface area contributed by atoms with E-state index in [1.165, 1.54) is 12.4 Å². The highest BCUT2D eigenvalue weighted by Crippen LogP contribution is 2.15. The fraction of sp³-hybridized carbons (Fsp3) is 0.118. The molecule has 0 saturated carbocycles. The molecule has 0 radical (unpaired) electrons. The predicted molar refractivity (Wildman–Crippen MR) is 104 cm³/mol. The van der Waals surface area contributed by atoms with Crippen LogP contribution in [0.4, 0.5) is 0 Å². The highest BCUT2D eigenvalue weighted by atomic mass is 35.5. The molecule has 27 heavy (non-hydrogen) atoms. The molecule has 0 atom stereocenters. The number of carbonyl (C=O) groups is 1. The van der Waals surface area contributed by atoms with Crippen LogP contribution in [0.25, 0.3) is 0 Å². The molecule has 0 amide bonds. The molecular weight excluding hydrogens is 370 g/mol. The van der Waals surface area contributed by atoms with E-state index < -0.39 is 0 Å². The Morgan fingerprint density at radius 3 is 2.96 bits per heavy atom. The third-order valence-corrected chi connectivity index (χ3v) is 3.62. The van der Waals surface area contributed by atoms with Gasteiger partial charge in [-0.15, -0.1) is 5.10 Å². The maximum atomic E-state index is 10.0. The molecular formula is C17H18ClN7O2. The van der Waals surface area contributed by atoms with Crippen LogP contribution in [-0.4, -0.2) is 35.9 Å². The number of hydrazone groups is 1. The number of rotatable bonds is 10. The molecule has 2 aromatic rings. The van der Waals surface area contributed by atoms with Crippen molar-refractivity contribution in [3.8, 4) is 0 Å². The molecule has 0 bridgehead atoms. The van der Waals surface area contributed by atoms with E-state index in [0.29, 0.717) is 29.3 Å². The first-order valence-corrected chi connectivity index (χ1v) is 8.14. The van der Waals surface area contributed by atoms with Gasteiger partial charge in [0.05, 0.1) is 18.0 Å². The van der Waals surface area contributed by atoms with Gasteiger partial charge in [0, 0.05) is 23.0 Å². The van der Waals surface area contributed by atoms with Gasteiger partial charge in [-0.25, -0.2) is 5.53 Å². The summed E-state index contributed by atoms with van der Waals surface area (Å²) in [6.07, 6.45) is 2.94. The third-order valence-electron chi connectivity index (χ3n) is 3.25. The summed E-state index contributed by atoms with van der Waals surface area (Å²) in [5, 5.41) is 12.6. The number of aliphatic imine (C=N–C) groups is 1. The number of ether oxygens (including phenoxy) is 1. The van der Waals surface area contributed by atoms with Gasteiger partial charge in [0.2, 0.25) is 0 Å². The Morgan fingerprint density at radius 2 is 2.19 bits per heavy atom. The molecule has 0 aliphatic heterocycles. The second-order valence-corrected chi connectivity index (χ2v) is 5.50. The Hall–Kier alpha value is -3.30. The molecule has 0 aliphatic carbocycles. The Balaban J connectivity index is 1.98. The largest absolute Gasteiger partial charge is 0.450 e. The number of halogens is 1. The molecule has 10 heteroatoms. The number of nitrogens with one attached hydrogen (secondary N) is 3. The minimum atomic E-state index is -0.0611. The van der Waals surface area contributed by atoms with Crippen molar-refractivity contribution in [3.05, 3.63) is 64.4 Å². The average molecular weight is 388 g/mol. The zero-order valence-electron chi connectivity index (χ0n) is 14.2. The van der Waals surface area contributed by atoms with Gasteiger partial charge in [-0.2, -0.15) is 5.43 Å². The van der Waals surface area contributed by atoms with E-state index in [0.717, 1.165) is 5.56 Å². The van der Waals surface area contributed by atoms with Crippen molar-refractivity contribution in [1.82, 2.24) is 15.9 Å². The standard InChI is InChI=1S/C17H18ClN7O2/c18-14-4-2-1-3-13(14)8-21-9-15(19)16-7-12(5-6-22-16)17(20)24-25-23-10-27-11-26/h1-7,9,11,19,23,25H,8,10H2,(H2,20,24). The number of carbonyl (C=O) groups excluding carboxylic acids is 1. The zero-order valence-corrected chi connectivity index (χ0v) is 15.0. The first-order valence-electron chi connectivity index (χ1n) is 7.76.